The molecule has 2 rings (SSSR count). The maximum Gasteiger partial charge on any atom is 2.00 e. The predicted molar refractivity (Wildman–Crippen MR) is 33.1 cm³/mol. The van der Waals surface area contributed by atoms with Crippen molar-refractivity contribution in [3.63, 3.8) is 0 Å². The second-order valence-electron chi connectivity index (χ2n) is 1.47. The van der Waals surface area contributed by atoms with E-state index >= 15 is 0 Å². The third kappa shape index (κ3) is 1.70. The number of H-pyrrole nitrogens is 2. The van der Waals surface area contributed by atoms with Crippen molar-refractivity contribution >= 4 is 37.7 Å². The van der Waals surface area contributed by atoms with Crippen LogP contribution in [-0.2, 0) is 0 Å². The van der Waals surface area contributed by atoms with Gasteiger partial charge in [0.15, 0.2) is 0 Å². The topological polar surface area (TPSA) is 109 Å². The zero-order valence-corrected chi connectivity index (χ0v) is 7.60. The van der Waals surface area contributed by atoms with E-state index in [-0.39, 0.29) is 37.7 Å². The van der Waals surface area contributed by atoms with Crippen molar-refractivity contribution in [2.24, 2.45) is 0 Å². The molecule has 2 heterocycles. The molecule has 0 aliphatic rings. The number of rotatable bonds is 1. The van der Waals surface area contributed by atoms with Gasteiger partial charge in [-0.25, -0.2) is 0 Å². The summed E-state index contributed by atoms with van der Waals surface area (Å²) in [5.74, 6) is 0.655. The molecule has 0 bridgehead atoms. The van der Waals surface area contributed by atoms with Crippen molar-refractivity contribution in [2.45, 2.75) is 0 Å². The van der Waals surface area contributed by atoms with Crippen LogP contribution in [0.5, 0.6) is 0 Å². The van der Waals surface area contributed by atoms with Gasteiger partial charge in [0.25, 0.3) is 0 Å². The van der Waals surface area contributed by atoms with Gasteiger partial charge < -0.3 is 0 Å². The average Bonchev–Trinajstić information content (AvgIpc) is 2.59. The summed E-state index contributed by atoms with van der Waals surface area (Å²) in [5, 5.41) is 25.7. The molecule has 0 unspecified atom stereocenters. The summed E-state index contributed by atoms with van der Waals surface area (Å²) in [6, 6.07) is 0. The van der Waals surface area contributed by atoms with Gasteiger partial charge in [0.2, 0.25) is 11.6 Å². The van der Waals surface area contributed by atoms with E-state index in [4.69, 9.17) is 0 Å². The Hall–Kier alpha value is -0.600. The van der Waals surface area contributed by atoms with Crippen LogP contribution in [0.25, 0.3) is 11.6 Å². The van der Waals surface area contributed by atoms with E-state index in [0.29, 0.717) is 11.6 Å². The fourth-order valence-electron chi connectivity index (χ4n) is 0.513. The second-order valence-corrected chi connectivity index (χ2v) is 1.47. The maximum absolute atomic E-state index is 3.63. The Kier molecular flexibility index (Phi) is 2.85. The van der Waals surface area contributed by atoms with Crippen LogP contribution in [0.15, 0.2) is 0 Å². The monoisotopic (exact) mass is 178 g/mol. The van der Waals surface area contributed by atoms with Crippen LogP contribution >= 0.6 is 0 Å². The molecule has 0 amide bonds. The molecule has 0 fully saturated rings. The summed E-state index contributed by atoms with van der Waals surface area (Å²) < 4.78 is 0. The summed E-state index contributed by atoms with van der Waals surface area (Å²) in [7, 11) is 0. The molecular weight excluding hydrogens is 176 g/mol. The molecule has 2 N–H and O–H groups in total. The van der Waals surface area contributed by atoms with Gasteiger partial charge in [-0.3, -0.25) is 0 Å². The number of hydrogen-bond donors (Lipinski definition) is 2. The van der Waals surface area contributed by atoms with Crippen molar-refractivity contribution in [1.82, 2.24) is 41.2 Å². The van der Waals surface area contributed by atoms with Gasteiger partial charge in [-0.1, -0.05) is 0 Å². The molecule has 0 aliphatic carbocycles. The molecule has 2 aromatic rings. The van der Waals surface area contributed by atoms with Crippen molar-refractivity contribution in [3.05, 3.63) is 0 Å². The van der Waals surface area contributed by atoms with Crippen LogP contribution in [0.2, 0.25) is 0 Å². The fraction of sp³-hybridized carbons (Fsp3) is 0. The fourth-order valence-corrected chi connectivity index (χ4v) is 0.513. The van der Waals surface area contributed by atoms with Crippen molar-refractivity contribution < 1.29 is 0 Å². The van der Waals surface area contributed by atoms with Gasteiger partial charge in [-0.05, 0) is 10.4 Å². The molecule has 11 heavy (non-hydrogen) atoms. The smallest absolute Gasteiger partial charge is 0.177 e. The van der Waals surface area contributed by atoms with Crippen LogP contribution in [0.4, 0.5) is 0 Å². The normalized spacial score (nSPS) is 9.09. The predicted octanol–water partition coefficient (Wildman–Crippen LogP) is -2.00. The van der Waals surface area contributed by atoms with Gasteiger partial charge in [0, 0.05) is 0 Å². The summed E-state index contributed by atoms with van der Waals surface area (Å²) in [6.45, 7) is 0. The number of tetrazole rings is 2. The van der Waals surface area contributed by atoms with Crippen LogP contribution < -0.4 is 0 Å². The molecule has 0 saturated carbocycles. The Labute approximate surface area is 90.2 Å². The number of aromatic amines is 2. The van der Waals surface area contributed by atoms with Crippen LogP contribution in [0.3, 0.4) is 0 Å². The van der Waals surface area contributed by atoms with E-state index < -0.39 is 0 Å². The van der Waals surface area contributed by atoms with Crippen LogP contribution in [0, 0.1) is 0 Å². The largest absolute Gasteiger partial charge is 2.00 e. The first-order valence-electron chi connectivity index (χ1n) is 2.44. The quantitative estimate of drug-likeness (QED) is 0.489. The van der Waals surface area contributed by atoms with Gasteiger partial charge in [-0.2, -0.15) is 10.4 Å². The Bertz CT molecular complexity index is 252. The SMILES string of the molecule is [Ca+2].n1nc(-c2nn[nH]n2)n[nH]1. The summed E-state index contributed by atoms with van der Waals surface area (Å²) in [6.07, 6.45) is 0. The standard InChI is InChI=1S/C2H2N8.Ca/c3-1(4-8-7-3)2-5-9-10-6-2;/h(H,3,4,7,8)(H,5,6,9,10);/q;+2. The minimum atomic E-state index is 0. The van der Waals surface area contributed by atoms with E-state index in [1.165, 1.54) is 0 Å². The summed E-state index contributed by atoms with van der Waals surface area (Å²) >= 11 is 0. The van der Waals surface area contributed by atoms with E-state index in [0.717, 1.165) is 0 Å². The van der Waals surface area contributed by atoms with Crippen molar-refractivity contribution in [3.8, 4) is 11.6 Å². The third-order valence-corrected chi connectivity index (χ3v) is 0.891. The Morgan fingerprint density at radius 1 is 0.818 bits per heavy atom. The van der Waals surface area contributed by atoms with E-state index in [1.54, 1.807) is 0 Å². The maximum atomic E-state index is 3.63. The molecular formula is C2H2CaN8+2. The van der Waals surface area contributed by atoms with Crippen molar-refractivity contribution in [2.75, 3.05) is 0 Å². The zero-order chi connectivity index (χ0) is 6.81. The van der Waals surface area contributed by atoms with Crippen molar-refractivity contribution in [1.29, 1.82) is 0 Å². The molecule has 9 heteroatoms. The third-order valence-electron chi connectivity index (χ3n) is 0.891. The van der Waals surface area contributed by atoms with Crippen LogP contribution in [-0.4, -0.2) is 79.0 Å². The first kappa shape index (κ1) is 8.50. The molecule has 0 atom stereocenters. The molecule has 2 aromatic heterocycles. The van der Waals surface area contributed by atoms with Gasteiger partial charge in [-0.15, -0.1) is 20.4 Å². The Balaban J connectivity index is 0.000000605. The number of hydrogen-bond acceptors (Lipinski definition) is 6. The first-order valence-corrected chi connectivity index (χ1v) is 2.44. The zero-order valence-electron chi connectivity index (χ0n) is 5.39. The summed E-state index contributed by atoms with van der Waals surface area (Å²) in [5.41, 5.74) is 0. The Morgan fingerprint density at radius 2 is 1.27 bits per heavy atom. The van der Waals surface area contributed by atoms with E-state index in [9.17, 15) is 0 Å². The average molecular weight is 178 g/mol. The Morgan fingerprint density at radius 3 is 1.55 bits per heavy atom. The van der Waals surface area contributed by atoms with E-state index in [1.807, 2.05) is 0 Å². The molecule has 0 radical (unpaired) electrons. The second kappa shape index (κ2) is 3.69. The minimum Gasteiger partial charge on any atom is -0.177 e. The van der Waals surface area contributed by atoms with Crippen LogP contribution in [0.1, 0.15) is 0 Å². The molecule has 0 spiro atoms. The number of nitrogens with one attached hydrogen (secondary N) is 2. The number of nitrogens with zero attached hydrogens (tertiary/aromatic N) is 6. The minimum absolute atomic E-state index is 0. The summed E-state index contributed by atoms with van der Waals surface area (Å²) in [4.78, 5) is 0. The molecule has 50 valence electrons. The molecule has 0 saturated heterocycles. The molecule has 0 aromatic carbocycles. The number of aromatic nitrogens is 8. The van der Waals surface area contributed by atoms with Gasteiger partial charge >= 0.3 is 37.7 Å². The van der Waals surface area contributed by atoms with Gasteiger partial charge in [0.05, 0.1) is 0 Å². The molecule has 8 nitrogen and oxygen atoms in total. The van der Waals surface area contributed by atoms with Gasteiger partial charge in [0.1, 0.15) is 0 Å². The molecule has 0 aliphatic heterocycles. The van der Waals surface area contributed by atoms with E-state index in [2.05, 4.69) is 41.2 Å². The first-order chi connectivity index (χ1) is 4.97.